The molecular formula is C17H19N3O3. The van der Waals surface area contributed by atoms with Gasteiger partial charge in [-0.15, -0.1) is 0 Å². The first-order valence-corrected chi connectivity index (χ1v) is 7.74. The molecule has 23 heavy (non-hydrogen) atoms. The van der Waals surface area contributed by atoms with Gasteiger partial charge in [0, 0.05) is 37.1 Å². The van der Waals surface area contributed by atoms with Crippen LogP contribution in [-0.4, -0.2) is 46.6 Å². The molecule has 6 heteroatoms. The predicted molar refractivity (Wildman–Crippen MR) is 86.2 cm³/mol. The Morgan fingerprint density at radius 2 is 2.09 bits per heavy atom. The molecule has 1 unspecified atom stereocenters. The van der Waals surface area contributed by atoms with Crippen LogP contribution in [0.3, 0.4) is 0 Å². The summed E-state index contributed by atoms with van der Waals surface area (Å²) in [4.78, 5) is 29.1. The van der Waals surface area contributed by atoms with E-state index >= 15 is 0 Å². The monoisotopic (exact) mass is 313 g/mol. The minimum Gasteiger partial charge on any atom is -0.481 e. The Balaban J connectivity index is 1.50. The van der Waals surface area contributed by atoms with Crippen LogP contribution in [-0.2, 0) is 11.2 Å². The third-order valence-corrected chi connectivity index (χ3v) is 4.14. The molecule has 2 aromatic rings. The number of fused-ring (bicyclic) bond motifs is 1. The molecule has 1 aromatic carbocycles. The quantitative estimate of drug-likeness (QED) is 0.903. The van der Waals surface area contributed by atoms with E-state index in [1.54, 1.807) is 4.90 Å². The number of carbonyl (C=O) groups is 2. The second kappa shape index (κ2) is 6.64. The highest BCUT2D eigenvalue weighted by Crippen LogP contribution is 2.16. The Kier molecular flexibility index (Phi) is 4.41. The highest BCUT2D eigenvalue weighted by Gasteiger charge is 2.30. The average Bonchev–Trinajstić information content (AvgIpc) is 3.05. The number of carboxylic acid groups (broad SMARTS) is 1. The fourth-order valence-corrected chi connectivity index (χ4v) is 2.80. The van der Waals surface area contributed by atoms with Gasteiger partial charge < -0.3 is 15.3 Å². The number of hydrogen-bond donors (Lipinski definition) is 2. The van der Waals surface area contributed by atoms with E-state index in [0.29, 0.717) is 25.9 Å². The van der Waals surface area contributed by atoms with Gasteiger partial charge in [0.25, 0.3) is 0 Å². The van der Waals surface area contributed by atoms with E-state index < -0.39 is 11.9 Å². The maximum absolute atomic E-state index is 12.0. The second-order valence-electron chi connectivity index (χ2n) is 5.75. The Morgan fingerprint density at radius 3 is 2.87 bits per heavy atom. The topological polar surface area (TPSA) is 82.5 Å². The standard InChI is InChI=1S/C17H19N3O3/c21-16(22)13-8-10-20(11-13)17(23)18-9-7-14-6-5-12-3-1-2-4-15(12)19-14/h1-6,13H,7-11H2,(H,18,23)(H,21,22). The maximum Gasteiger partial charge on any atom is 0.317 e. The van der Waals surface area contributed by atoms with E-state index in [1.165, 1.54) is 0 Å². The number of urea groups is 1. The van der Waals surface area contributed by atoms with Crippen LogP contribution in [0, 0.1) is 5.92 Å². The van der Waals surface area contributed by atoms with Crippen molar-refractivity contribution in [3.8, 4) is 0 Å². The van der Waals surface area contributed by atoms with E-state index in [4.69, 9.17) is 5.11 Å². The summed E-state index contributed by atoms with van der Waals surface area (Å²) in [5.41, 5.74) is 1.87. The van der Waals surface area contributed by atoms with Crippen molar-refractivity contribution in [2.24, 2.45) is 5.92 Å². The molecule has 0 spiro atoms. The molecule has 120 valence electrons. The summed E-state index contributed by atoms with van der Waals surface area (Å²) in [6.45, 7) is 1.27. The van der Waals surface area contributed by atoms with Crippen molar-refractivity contribution in [2.75, 3.05) is 19.6 Å². The number of likely N-dealkylation sites (tertiary alicyclic amines) is 1. The SMILES string of the molecule is O=C(O)C1CCN(C(=O)NCCc2ccc3ccccc3n2)C1. The summed E-state index contributed by atoms with van der Waals surface area (Å²) in [7, 11) is 0. The van der Waals surface area contributed by atoms with Crippen LogP contribution >= 0.6 is 0 Å². The van der Waals surface area contributed by atoms with Gasteiger partial charge in [0.05, 0.1) is 11.4 Å². The number of pyridine rings is 1. The number of nitrogens with zero attached hydrogens (tertiary/aromatic N) is 2. The molecule has 2 heterocycles. The van der Waals surface area contributed by atoms with Crippen molar-refractivity contribution in [3.63, 3.8) is 0 Å². The molecule has 2 N–H and O–H groups in total. The number of aliphatic carboxylic acids is 1. The normalized spacial score (nSPS) is 17.4. The summed E-state index contributed by atoms with van der Waals surface area (Å²) in [5, 5.41) is 12.9. The van der Waals surface area contributed by atoms with Crippen molar-refractivity contribution in [2.45, 2.75) is 12.8 Å². The van der Waals surface area contributed by atoms with E-state index in [-0.39, 0.29) is 12.6 Å². The number of hydrogen-bond acceptors (Lipinski definition) is 3. The number of benzene rings is 1. The third kappa shape index (κ3) is 3.59. The molecule has 3 rings (SSSR count). The highest BCUT2D eigenvalue weighted by molar-refractivity contribution is 5.78. The van der Waals surface area contributed by atoms with Crippen LogP contribution in [0.4, 0.5) is 4.79 Å². The van der Waals surface area contributed by atoms with Gasteiger partial charge >= 0.3 is 12.0 Å². The zero-order valence-corrected chi connectivity index (χ0v) is 12.7. The van der Waals surface area contributed by atoms with E-state index in [9.17, 15) is 9.59 Å². The van der Waals surface area contributed by atoms with E-state index in [0.717, 1.165) is 16.6 Å². The second-order valence-corrected chi connectivity index (χ2v) is 5.75. The van der Waals surface area contributed by atoms with Crippen LogP contribution < -0.4 is 5.32 Å². The Bertz CT molecular complexity index is 732. The molecule has 1 saturated heterocycles. The van der Waals surface area contributed by atoms with Crippen LogP contribution in [0.25, 0.3) is 10.9 Å². The van der Waals surface area contributed by atoms with Crippen LogP contribution in [0.1, 0.15) is 12.1 Å². The lowest BCUT2D eigenvalue weighted by molar-refractivity contribution is -0.141. The highest BCUT2D eigenvalue weighted by atomic mass is 16.4. The van der Waals surface area contributed by atoms with Crippen molar-refractivity contribution < 1.29 is 14.7 Å². The minimum absolute atomic E-state index is 0.200. The first kappa shape index (κ1) is 15.3. The van der Waals surface area contributed by atoms with Gasteiger partial charge in [0.2, 0.25) is 0 Å². The van der Waals surface area contributed by atoms with Gasteiger partial charge in [-0.2, -0.15) is 0 Å². The van der Waals surface area contributed by atoms with Crippen molar-refractivity contribution in [1.29, 1.82) is 0 Å². The van der Waals surface area contributed by atoms with E-state index in [1.807, 2.05) is 36.4 Å². The number of carbonyl (C=O) groups excluding carboxylic acids is 1. The van der Waals surface area contributed by atoms with Crippen LogP contribution in [0.15, 0.2) is 36.4 Å². The van der Waals surface area contributed by atoms with Crippen LogP contribution in [0.2, 0.25) is 0 Å². The van der Waals surface area contributed by atoms with E-state index in [2.05, 4.69) is 10.3 Å². The Morgan fingerprint density at radius 1 is 1.26 bits per heavy atom. The minimum atomic E-state index is -0.833. The number of para-hydroxylation sites is 1. The third-order valence-electron chi connectivity index (χ3n) is 4.14. The molecule has 0 radical (unpaired) electrons. The van der Waals surface area contributed by atoms with Gasteiger partial charge in [-0.3, -0.25) is 9.78 Å². The van der Waals surface area contributed by atoms with Gasteiger partial charge in [-0.05, 0) is 18.6 Å². The largest absolute Gasteiger partial charge is 0.481 e. The average molecular weight is 313 g/mol. The summed E-state index contributed by atoms with van der Waals surface area (Å²) in [6.07, 6.45) is 1.17. The molecule has 1 atom stereocenters. The van der Waals surface area contributed by atoms with Crippen LogP contribution in [0.5, 0.6) is 0 Å². The number of rotatable bonds is 4. The predicted octanol–water partition coefficient (Wildman–Crippen LogP) is 1.89. The summed E-state index contributed by atoms with van der Waals surface area (Å²) < 4.78 is 0. The molecule has 0 bridgehead atoms. The number of carboxylic acids is 1. The number of nitrogens with one attached hydrogen (secondary N) is 1. The lowest BCUT2D eigenvalue weighted by Crippen LogP contribution is -2.39. The summed E-state index contributed by atoms with van der Waals surface area (Å²) >= 11 is 0. The zero-order chi connectivity index (χ0) is 16.2. The van der Waals surface area contributed by atoms with Gasteiger partial charge in [-0.25, -0.2) is 4.79 Å². The molecule has 6 nitrogen and oxygen atoms in total. The number of aromatic nitrogens is 1. The fourth-order valence-electron chi connectivity index (χ4n) is 2.80. The van der Waals surface area contributed by atoms with Crippen molar-refractivity contribution >= 4 is 22.9 Å². The van der Waals surface area contributed by atoms with Gasteiger partial charge in [0.1, 0.15) is 0 Å². The molecule has 1 fully saturated rings. The Labute approximate surface area is 134 Å². The molecule has 2 amide bonds. The first-order valence-electron chi connectivity index (χ1n) is 7.74. The summed E-state index contributed by atoms with van der Waals surface area (Å²) in [5.74, 6) is -1.27. The lowest BCUT2D eigenvalue weighted by Gasteiger charge is -2.16. The number of amides is 2. The summed E-state index contributed by atoms with van der Waals surface area (Å²) in [6, 6.07) is 11.7. The molecule has 1 aliphatic rings. The molecule has 0 aliphatic carbocycles. The Hall–Kier alpha value is -2.63. The maximum atomic E-state index is 12.0. The molecular weight excluding hydrogens is 294 g/mol. The van der Waals surface area contributed by atoms with Crippen molar-refractivity contribution in [1.82, 2.24) is 15.2 Å². The zero-order valence-electron chi connectivity index (χ0n) is 12.7. The molecule has 1 aromatic heterocycles. The smallest absolute Gasteiger partial charge is 0.317 e. The molecule has 1 aliphatic heterocycles. The molecule has 0 saturated carbocycles. The lowest BCUT2D eigenvalue weighted by atomic mass is 10.1. The fraction of sp³-hybridized carbons (Fsp3) is 0.353. The van der Waals surface area contributed by atoms with Gasteiger partial charge in [0.15, 0.2) is 0 Å². The van der Waals surface area contributed by atoms with Gasteiger partial charge in [-0.1, -0.05) is 24.3 Å². The first-order chi connectivity index (χ1) is 11.1. The van der Waals surface area contributed by atoms with Crippen molar-refractivity contribution in [3.05, 3.63) is 42.1 Å².